The molecule has 0 fully saturated rings. The molecular weight excluding hydrogens is 304 g/mol. The molecule has 0 saturated heterocycles. The third kappa shape index (κ3) is 4.04. The van der Waals surface area contributed by atoms with Crippen molar-refractivity contribution < 1.29 is 9.21 Å². The lowest BCUT2D eigenvalue weighted by atomic mass is 9.95. The van der Waals surface area contributed by atoms with E-state index in [0.717, 1.165) is 11.1 Å². The Kier molecular flexibility index (Phi) is 4.96. The number of pyridine rings is 1. The molecule has 0 radical (unpaired) electrons. The molecule has 1 aromatic carbocycles. The minimum Gasteiger partial charge on any atom is -0.425 e. The topological polar surface area (TPSA) is 80.9 Å². The number of aromatic nitrogens is 3. The molecule has 0 saturated carbocycles. The summed E-state index contributed by atoms with van der Waals surface area (Å²) in [7, 11) is 0. The van der Waals surface area contributed by atoms with E-state index in [2.05, 4.69) is 20.5 Å². The van der Waals surface area contributed by atoms with Crippen LogP contribution >= 0.6 is 0 Å². The first-order valence-electron chi connectivity index (χ1n) is 7.73. The molecule has 3 aromatic rings. The SMILES string of the molecule is Cc1nnc(C(CC(=O)NCc2cccnc2)c2ccccc2)o1. The largest absolute Gasteiger partial charge is 0.425 e. The van der Waals surface area contributed by atoms with Crippen LogP contribution in [0.4, 0.5) is 0 Å². The quantitative estimate of drug-likeness (QED) is 0.754. The average Bonchev–Trinajstić information content (AvgIpc) is 3.05. The highest BCUT2D eigenvalue weighted by Gasteiger charge is 2.23. The standard InChI is InChI=1S/C18H18N4O2/c1-13-21-22-18(24-13)16(15-7-3-2-4-8-15)10-17(23)20-12-14-6-5-9-19-11-14/h2-9,11,16H,10,12H2,1H3,(H,20,23). The van der Waals surface area contributed by atoms with Crippen molar-refractivity contribution in [1.82, 2.24) is 20.5 Å². The van der Waals surface area contributed by atoms with Gasteiger partial charge in [-0.15, -0.1) is 10.2 Å². The maximum Gasteiger partial charge on any atom is 0.224 e. The fraction of sp³-hybridized carbons (Fsp3) is 0.222. The predicted octanol–water partition coefficient (Wildman–Crippen LogP) is 2.61. The molecule has 1 amide bonds. The number of aryl methyl sites for hydroxylation is 1. The molecule has 6 nitrogen and oxygen atoms in total. The highest BCUT2D eigenvalue weighted by Crippen LogP contribution is 2.26. The normalized spacial score (nSPS) is 11.9. The number of hydrogen-bond acceptors (Lipinski definition) is 5. The minimum atomic E-state index is -0.263. The van der Waals surface area contributed by atoms with Gasteiger partial charge in [-0.2, -0.15) is 0 Å². The van der Waals surface area contributed by atoms with Crippen molar-refractivity contribution in [3.05, 3.63) is 77.8 Å². The highest BCUT2D eigenvalue weighted by atomic mass is 16.4. The zero-order valence-corrected chi connectivity index (χ0v) is 13.3. The second kappa shape index (κ2) is 7.50. The minimum absolute atomic E-state index is 0.0800. The Morgan fingerprint density at radius 3 is 2.67 bits per heavy atom. The molecule has 0 aliphatic heterocycles. The Morgan fingerprint density at radius 2 is 2.00 bits per heavy atom. The summed E-state index contributed by atoms with van der Waals surface area (Å²) in [5.41, 5.74) is 1.92. The first-order valence-corrected chi connectivity index (χ1v) is 7.73. The fourth-order valence-electron chi connectivity index (χ4n) is 2.45. The monoisotopic (exact) mass is 322 g/mol. The van der Waals surface area contributed by atoms with Crippen LogP contribution < -0.4 is 5.32 Å². The van der Waals surface area contributed by atoms with Crippen molar-refractivity contribution >= 4 is 5.91 Å². The maximum absolute atomic E-state index is 12.4. The van der Waals surface area contributed by atoms with Crippen LogP contribution in [0.1, 0.15) is 35.2 Å². The molecule has 0 aliphatic rings. The summed E-state index contributed by atoms with van der Waals surface area (Å²) in [5, 5.41) is 10.9. The van der Waals surface area contributed by atoms with E-state index in [-0.39, 0.29) is 18.2 Å². The summed E-state index contributed by atoms with van der Waals surface area (Å²) < 4.78 is 5.55. The summed E-state index contributed by atoms with van der Waals surface area (Å²) in [4.78, 5) is 16.4. The van der Waals surface area contributed by atoms with Gasteiger partial charge in [-0.1, -0.05) is 36.4 Å². The van der Waals surface area contributed by atoms with Crippen molar-refractivity contribution in [3.63, 3.8) is 0 Å². The third-order valence-electron chi connectivity index (χ3n) is 3.64. The number of amides is 1. The molecule has 0 bridgehead atoms. The molecule has 1 N–H and O–H groups in total. The number of benzene rings is 1. The molecule has 2 aromatic heterocycles. The Balaban J connectivity index is 1.71. The van der Waals surface area contributed by atoms with Crippen LogP contribution in [0.3, 0.4) is 0 Å². The van der Waals surface area contributed by atoms with Gasteiger partial charge >= 0.3 is 0 Å². The van der Waals surface area contributed by atoms with E-state index in [1.165, 1.54) is 0 Å². The van der Waals surface area contributed by atoms with E-state index in [4.69, 9.17) is 4.42 Å². The van der Waals surface area contributed by atoms with Gasteiger partial charge in [0.25, 0.3) is 0 Å². The summed E-state index contributed by atoms with van der Waals surface area (Å²) >= 11 is 0. The first-order chi connectivity index (χ1) is 11.7. The van der Waals surface area contributed by atoms with Gasteiger partial charge in [0.05, 0.1) is 5.92 Å². The van der Waals surface area contributed by atoms with Crippen molar-refractivity contribution in [3.8, 4) is 0 Å². The summed E-state index contributed by atoms with van der Waals surface area (Å²) in [6, 6.07) is 13.5. The first kappa shape index (κ1) is 15.9. The lowest BCUT2D eigenvalue weighted by Crippen LogP contribution is -2.25. The van der Waals surface area contributed by atoms with E-state index in [0.29, 0.717) is 18.3 Å². The zero-order chi connectivity index (χ0) is 16.8. The lowest BCUT2D eigenvalue weighted by Gasteiger charge is -2.13. The number of hydrogen-bond donors (Lipinski definition) is 1. The number of carbonyl (C=O) groups excluding carboxylic acids is 1. The van der Waals surface area contributed by atoms with Gasteiger partial charge in [0.1, 0.15) is 0 Å². The molecule has 122 valence electrons. The molecule has 3 rings (SSSR count). The van der Waals surface area contributed by atoms with Crippen LogP contribution in [0.25, 0.3) is 0 Å². The maximum atomic E-state index is 12.4. The second-order valence-corrected chi connectivity index (χ2v) is 5.46. The van der Waals surface area contributed by atoms with Gasteiger partial charge in [-0.05, 0) is 17.2 Å². The average molecular weight is 322 g/mol. The van der Waals surface area contributed by atoms with E-state index < -0.39 is 0 Å². The van der Waals surface area contributed by atoms with Crippen molar-refractivity contribution in [1.29, 1.82) is 0 Å². The number of nitrogens with zero attached hydrogens (tertiary/aromatic N) is 3. The van der Waals surface area contributed by atoms with Crippen LogP contribution in [-0.2, 0) is 11.3 Å². The molecule has 6 heteroatoms. The van der Waals surface area contributed by atoms with E-state index >= 15 is 0 Å². The predicted molar refractivity (Wildman–Crippen MR) is 88.0 cm³/mol. The van der Waals surface area contributed by atoms with Crippen molar-refractivity contribution in [2.45, 2.75) is 25.8 Å². The van der Waals surface area contributed by atoms with E-state index in [1.807, 2.05) is 42.5 Å². The van der Waals surface area contributed by atoms with Crippen LogP contribution in [0, 0.1) is 6.92 Å². The molecule has 2 heterocycles. The Hall–Kier alpha value is -3.02. The van der Waals surface area contributed by atoms with Gasteiger partial charge < -0.3 is 9.73 Å². The molecule has 0 aliphatic carbocycles. The van der Waals surface area contributed by atoms with Crippen LogP contribution in [-0.4, -0.2) is 21.1 Å². The molecule has 1 atom stereocenters. The number of carbonyl (C=O) groups is 1. The third-order valence-corrected chi connectivity index (χ3v) is 3.64. The van der Waals surface area contributed by atoms with Crippen LogP contribution in [0.15, 0.2) is 59.3 Å². The Morgan fingerprint density at radius 1 is 1.17 bits per heavy atom. The zero-order valence-electron chi connectivity index (χ0n) is 13.3. The highest BCUT2D eigenvalue weighted by molar-refractivity contribution is 5.77. The second-order valence-electron chi connectivity index (χ2n) is 5.46. The lowest BCUT2D eigenvalue weighted by molar-refractivity contribution is -0.121. The van der Waals surface area contributed by atoms with Crippen molar-refractivity contribution in [2.75, 3.05) is 0 Å². The molecule has 0 spiro atoms. The van der Waals surface area contributed by atoms with Gasteiger partial charge in [0.2, 0.25) is 17.7 Å². The van der Waals surface area contributed by atoms with Gasteiger partial charge in [0.15, 0.2) is 0 Å². The number of rotatable bonds is 6. The summed E-state index contributed by atoms with van der Waals surface area (Å²) in [6.07, 6.45) is 3.68. The van der Waals surface area contributed by atoms with Gasteiger partial charge in [-0.3, -0.25) is 9.78 Å². The molecule has 1 unspecified atom stereocenters. The number of nitrogens with one attached hydrogen (secondary N) is 1. The van der Waals surface area contributed by atoms with Crippen molar-refractivity contribution in [2.24, 2.45) is 0 Å². The Labute approximate surface area is 140 Å². The Bertz CT molecular complexity index is 787. The smallest absolute Gasteiger partial charge is 0.224 e. The summed E-state index contributed by atoms with van der Waals surface area (Å²) in [5.74, 6) is 0.599. The van der Waals surface area contributed by atoms with Crippen LogP contribution in [0.2, 0.25) is 0 Å². The molecular formula is C18H18N4O2. The molecule has 24 heavy (non-hydrogen) atoms. The summed E-state index contributed by atoms with van der Waals surface area (Å²) in [6.45, 7) is 2.18. The fourth-order valence-corrected chi connectivity index (χ4v) is 2.45. The van der Waals surface area contributed by atoms with Gasteiger partial charge in [0, 0.05) is 32.3 Å². The van der Waals surface area contributed by atoms with E-state index in [9.17, 15) is 4.79 Å². The van der Waals surface area contributed by atoms with E-state index in [1.54, 1.807) is 19.3 Å². The van der Waals surface area contributed by atoms with Crippen LogP contribution in [0.5, 0.6) is 0 Å². The van der Waals surface area contributed by atoms with Gasteiger partial charge in [-0.25, -0.2) is 0 Å².